The first-order valence-corrected chi connectivity index (χ1v) is 7.07. The van der Waals surface area contributed by atoms with E-state index in [-0.39, 0.29) is 5.91 Å². The Morgan fingerprint density at radius 3 is 2.84 bits per heavy atom. The highest BCUT2D eigenvalue weighted by molar-refractivity contribution is 7.99. The van der Waals surface area contributed by atoms with Gasteiger partial charge < -0.3 is 10.0 Å². The molecule has 0 aliphatic heterocycles. The number of hydrogen-bond acceptors (Lipinski definition) is 4. The lowest BCUT2D eigenvalue weighted by Crippen LogP contribution is -2.29. The summed E-state index contributed by atoms with van der Waals surface area (Å²) in [6.45, 7) is 2.21. The average Bonchev–Trinajstić information content (AvgIpc) is 2.42. The van der Waals surface area contributed by atoms with Crippen LogP contribution >= 0.6 is 11.8 Å². The topological polar surface area (TPSA) is 64.3 Å². The molecule has 0 saturated carbocycles. The summed E-state index contributed by atoms with van der Waals surface area (Å²) < 4.78 is 0. The van der Waals surface area contributed by atoms with E-state index in [1.54, 1.807) is 24.9 Å². The molecule has 4 nitrogen and oxygen atoms in total. The minimum atomic E-state index is -0.418. The first-order chi connectivity index (χ1) is 9.06. The number of carbonyl (C=O) groups is 1. The molecule has 1 atom stereocenters. The Balaban J connectivity index is 2.78. The number of carbonyl (C=O) groups excluding carboxylic acids is 1. The van der Waals surface area contributed by atoms with Gasteiger partial charge in [-0.05, 0) is 25.5 Å². The van der Waals surface area contributed by atoms with Crippen LogP contribution in [0.1, 0.15) is 23.7 Å². The lowest BCUT2D eigenvalue weighted by Gasteiger charge is -2.19. The number of aliphatic hydroxyl groups is 1. The van der Waals surface area contributed by atoms with Gasteiger partial charge in [0.25, 0.3) is 5.91 Å². The van der Waals surface area contributed by atoms with Crippen molar-refractivity contribution in [2.45, 2.75) is 24.3 Å². The van der Waals surface area contributed by atoms with E-state index in [2.05, 4.69) is 6.07 Å². The number of amides is 1. The highest BCUT2D eigenvalue weighted by Crippen LogP contribution is 2.23. The summed E-state index contributed by atoms with van der Waals surface area (Å²) in [5.41, 5.74) is 0.607. The van der Waals surface area contributed by atoms with Gasteiger partial charge in [-0.1, -0.05) is 12.1 Å². The van der Waals surface area contributed by atoms with E-state index in [0.29, 0.717) is 24.3 Å². The van der Waals surface area contributed by atoms with Crippen LogP contribution in [0.15, 0.2) is 29.2 Å². The molecular formula is C14H18N2O2S. The molecule has 1 aromatic rings. The van der Waals surface area contributed by atoms with Crippen molar-refractivity contribution in [2.75, 3.05) is 19.3 Å². The van der Waals surface area contributed by atoms with Crippen molar-refractivity contribution in [3.8, 4) is 6.07 Å². The molecule has 1 aromatic carbocycles. The lowest BCUT2D eigenvalue weighted by molar-refractivity contribution is 0.0765. The zero-order valence-electron chi connectivity index (χ0n) is 11.2. The maximum absolute atomic E-state index is 12.3. The highest BCUT2D eigenvalue weighted by Gasteiger charge is 2.15. The van der Waals surface area contributed by atoms with Gasteiger partial charge in [0.1, 0.15) is 0 Å². The molecule has 0 aliphatic rings. The first kappa shape index (κ1) is 15.5. The van der Waals surface area contributed by atoms with E-state index < -0.39 is 6.10 Å². The maximum Gasteiger partial charge on any atom is 0.254 e. The third-order valence-electron chi connectivity index (χ3n) is 2.64. The van der Waals surface area contributed by atoms with Crippen LogP contribution in [-0.4, -0.2) is 41.4 Å². The second kappa shape index (κ2) is 7.82. The number of hydrogen-bond donors (Lipinski definition) is 1. The third-order valence-corrected chi connectivity index (χ3v) is 3.58. The van der Waals surface area contributed by atoms with Gasteiger partial charge in [-0.25, -0.2) is 0 Å². The Hall–Kier alpha value is -1.51. The van der Waals surface area contributed by atoms with Gasteiger partial charge in [0.15, 0.2) is 0 Å². The highest BCUT2D eigenvalue weighted by atomic mass is 32.2. The van der Waals surface area contributed by atoms with Crippen LogP contribution in [0.3, 0.4) is 0 Å². The number of rotatable bonds is 6. The largest absolute Gasteiger partial charge is 0.393 e. The van der Waals surface area contributed by atoms with Gasteiger partial charge in [-0.2, -0.15) is 5.26 Å². The van der Waals surface area contributed by atoms with Crippen molar-refractivity contribution in [3.63, 3.8) is 0 Å². The van der Waals surface area contributed by atoms with Crippen molar-refractivity contribution in [2.24, 2.45) is 0 Å². The van der Waals surface area contributed by atoms with E-state index in [4.69, 9.17) is 5.26 Å². The monoisotopic (exact) mass is 278 g/mol. The standard InChI is InChI=1S/C14H18N2O2S/c1-11(17)7-9-16(2)14(18)12-5-3-4-6-13(12)19-10-8-15/h3-6,11,17H,7,9-10H2,1-2H3. The predicted molar refractivity (Wildman–Crippen MR) is 76.0 cm³/mol. The van der Waals surface area contributed by atoms with Crippen LogP contribution < -0.4 is 0 Å². The zero-order chi connectivity index (χ0) is 14.3. The molecule has 1 rings (SSSR count). The van der Waals surface area contributed by atoms with E-state index in [1.165, 1.54) is 11.8 Å². The molecule has 0 aliphatic carbocycles. The minimum Gasteiger partial charge on any atom is -0.393 e. The van der Waals surface area contributed by atoms with Crippen LogP contribution in [0.25, 0.3) is 0 Å². The molecule has 19 heavy (non-hydrogen) atoms. The van der Waals surface area contributed by atoms with Crippen LogP contribution in [0.5, 0.6) is 0 Å². The average molecular weight is 278 g/mol. The SMILES string of the molecule is CC(O)CCN(C)C(=O)c1ccccc1SCC#N. The molecule has 0 saturated heterocycles. The Bertz CT molecular complexity index is 469. The van der Waals surface area contributed by atoms with Gasteiger partial charge in [-0.3, -0.25) is 4.79 Å². The van der Waals surface area contributed by atoms with Crippen molar-refractivity contribution in [3.05, 3.63) is 29.8 Å². The molecule has 5 heteroatoms. The van der Waals surface area contributed by atoms with Crippen LogP contribution in [0.4, 0.5) is 0 Å². The molecule has 1 unspecified atom stereocenters. The molecule has 0 spiro atoms. The molecule has 0 radical (unpaired) electrons. The van der Waals surface area contributed by atoms with Gasteiger partial charge in [0, 0.05) is 18.5 Å². The Morgan fingerprint density at radius 2 is 2.21 bits per heavy atom. The quantitative estimate of drug-likeness (QED) is 0.810. The molecule has 0 heterocycles. The van der Waals surface area contributed by atoms with Crippen LogP contribution in [0.2, 0.25) is 0 Å². The summed E-state index contributed by atoms with van der Waals surface area (Å²) in [7, 11) is 1.72. The van der Waals surface area contributed by atoms with Crippen molar-refractivity contribution in [1.29, 1.82) is 5.26 Å². The summed E-state index contributed by atoms with van der Waals surface area (Å²) in [6, 6.07) is 9.33. The second-order valence-electron chi connectivity index (χ2n) is 4.31. The normalized spacial score (nSPS) is 11.7. The Labute approximate surface area is 118 Å². The second-order valence-corrected chi connectivity index (χ2v) is 5.32. The molecule has 0 fully saturated rings. The molecule has 0 bridgehead atoms. The smallest absolute Gasteiger partial charge is 0.254 e. The zero-order valence-corrected chi connectivity index (χ0v) is 12.0. The summed E-state index contributed by atoms with van der Waals surface area (Å²) in [4.78, 5) is 14.7. The molecule has 1 amide bonds. The van der Waals surface area contributed by atoms with Gasteiger partial charge >= 0.3 is 0 Å². The van der Waals surface area contributed by atoms with Gasteiger partial charge in [-0.15, -0.1) is 11.8 Å². The number of thioether (sulfide) groups is 1. The van der Waals surface area contributed by atoms with E-state index in [1.807, 2.05) is 18.2 Å². The molecule has 102 valence electrons. The van der Waals surface area contributed by atoms with E-state index in [0.717, 1.165) is 4.90 Å². The fraction of sp³-hybridized carbons (Fsp3) is 0.429. The Kier molecular flexibility index (Phi) is 6.40. The Morgan fingerprint density at radius 1 is 1.53 bits per heavy atom. The predicted octanol–water partition coefficient (Wildman–Crippen LogP) is 2.15. The summed E-state index contributed by atoms with van der Waals surface area (Å²) in [5.74, 6) is 0.239. The van der Waals surface area contributed by atoms with E-state index in [9.17, 15) is 9.90 Å². The summed E-state index contributed by atoms with van der Waals surface area (Å²) >= 11 is 1.36. The first-order valence-electron chi connectivity index (χ1n) is 6.08. The molecular weight excluding hydrogens is 260 g/mol. The third kappa shape index (κ3) is 4.93. The van der Waals surface area contributed by atoms with Crippen molar-refractivity contribution >= 4 is 17.7 Å². The fourth-order valence-corrected chi connectivity index (χ4v) is 2.27. The number of nitriles is 1. The minimum absolute atomic E-state index is 0.0818. The van der Waals surface area contributed by atoms with Crippen molar-refractivity contribution in [1.82, 2.24) is 4.90 Å². The number of nitrogens with zero attached hydrogens (tertiary/aromatic N) is 2. The van der Waals surface area contributed by atoms with Gasteiger partial charge in [0.2, 0.25) is 0 Å². The summed E-state index contributed by atoms with van der Waals surface area (Å²) in [6.07, 6.45) is 0.133. The summed E-state index contributed by atoms with van der Waals surface area (Å²) in [5, 5.41) is 17.9. The van der Waals surface area contributed by atoms with Crippen molar-refractivity contribution < 1.29 is 9.90 Å². The molecule has 1 N–H and O–H groups in total. The van der Waals surface area contributed by atoms with Crippen LogP contribution in [0, 0.1) is 11.3 Å². The van der Waals surface area contributed by atoms with E-state index >= 15 is 0 Å². The molecule has 0 aromatic heterocycles. The number of benzene rings is 1. The maximum atomic E-state index is 12.3. The van der Waals surface area contributed by atoms with Crippen LogP contribution in [-0.2, 0) is 0 Å². The lowest BCUT2D eigenvalue weighted by atomic mass is 10.2. The fourth-order valence-electron chi connectivity index (χ4n) is 1.57. The van der Waals surface area contributed by atoms with Gasteiger partial charge in [0.05, 0.1) is 23.5 Å². The number of aliphatic hydroxyl groups excluding tert-OH is 1.